The fourth-order valence-electron chi connectivity index (χ4n) is 4.69. The number of aromatic nitrogens is 2. The molecule has 0 N–H and O–H groups in total. The van der Waals surface area contributed by atoms with Crippen molar-refractivity contribution in [3.05, 3.63) is 53.6 Å². The van der Waals surface area contributed by atoms with E-state index in [1.165, 1.54) is 0 Å². The Morgan fingerprint density at radius 3 is 2.30 bits per heavy atom. The first-order valence-electron chi connectivity index (χ1n) is 10.4. The highest BCUT2D eigenvalue weighted by Gasteiger charge is 2.49. The fraction of sp³-hybridized carbons (Fsp3) is 0.478. The number of nitrogens with zero attached hydrogens (tertiary/aromatic N) is 4. The van der Waals surface area contributed by atoms with Crippen LogP contribution in [0.1, 0.15) is 54.5 Å². The predicted octanol–water partition coefficient (Wildman–Crippen LogP) is 2.90. The van der Waals surface area contributed by atoms with Crippen molar-refractivity contribution >= 4 is 11.8 Å². The van der Waals surface area contributed by atoms with Gasteiger partial charge in [0.05, 0.1) is 18.7 Å². The molecule has 0 unspecified atom stereocenters. The molecule has 0 radical (unpaired) electrons. The molecule has 2 aliphatic heterocycles. The molecule has 7 nitrogen and oxygen atoms in total. The van der Waals surface area contributed by atoms with E-state index in [4.69, 9.17) is 4.74 Å². The fourth-order valence-corrected chi connectivity index (χ4v) is 4.69. The van der Waals surface area contributed by atoms with Crippen LogP contribution in [0.25, 0.3) is 0 Å². The van der Waals surface area contributed by atoms with Crippen LogP contribution >= 0.6 is 0 Å². The summed E-state index contributed by atoms with van der Waals surface area (Å²) in [6.07, 6.45) is 3.25. The summed E-state index contributed by atoms with van der Waals surface area (Å²) in [4.78, 5) is 37.9. The average molecular weight is 409 g/mol. The number of ether oxygens (including phenoxy) is 1. The largest absolute Gasteiger partial charge is 0.497 e. The zero-order valence-electron chi connectivity index (χ0n) is 17.9. The van der Waals surface area contributed by atoms with Gasteiger partial charge in [-0.25, -0.2) is 9.97 Å². The van der Waals surface area contributed by atoms with Crippen LogP contribution in [0.4, 0.5) is 0 Å². The van der Waals surface area contributed by atoms with Crippen LogP contribution in [0.2, 0.25) is 0 Å². The molecule has 0 spiro atoms. The number of carbonyl (C=O) groups is 2. The molecule has 1 aromatic carbocycles. The number of hydrogen-bond acceptors (Lipinski definition) is 5. The molecule has 7 heteroatoms. The predicted molar refractivity (Wildman–Crippen MR) is 112 cm³/mol. The second kappa shape index (κ2) is 8.05. The smallest absolute Gasteiger partial charge is 0.257 e. The molecule has 158 valence electrons. The topological polar surface area (TPSA) is 75.6 Å². The maximum Gasteiger partial charge on any atom is 0.257 e. The van der Waals surface area contributed by atoms with Crippen molar-refractivity contribution in [3.63, 3.8) is 0 Å². The van der Waals surface area contributed by atoms with E-state index in [-0.39, 0.29) is 35.6 Å². The summed E-state index contributed by atoms with van der Waals surface area (Å²) in [6, 6.07) is 7.85. The van der Waals surface area contributed by atoms with Gasteiger partial charge in [-0.3, -0.25) is 9.59 Å². The van der Waals surface area contributed by atoms with Crippen LogP contribution in [0, 0.1) is 11.8 Å². The molecule has 0 aliphatic carbocycles. The van der Waals surface area contributed by atoms with Crippen molar-refractivity contribution in [2.45, 2.75) is 32.7 Å². The molecule has 2 aromatic rings. The van der Waals surface area contributed by atoms with E-state index in [9.17, 15) is 9.59 Å². The van der Waals surface area contributed by atoms with Gasteiger partial charge in [0, 0.05) is 56.7 Å². The molecule has 30 heavy (non-hydrogen) atoms. The van der Waals surface area contributed by atoms with Gasteiger partial charge in [0.15, 0.2) is 0 Å². The number of benzene rings is 1. The van der Waals surface area contributed by atoms with Gasteiger partial charge in [0.25, 0.3) is 5.91 Å². The molecule has 4 rings (SSSR count). The van der Waals surface area contributed by atoms with Crippen molar-refractivity contribution in [2.24, 2.45) is 11.8 Å². The SMILES string of the molecule is COc1ccc([C@H]2[C@@H]3CN(C(=O)c4cnc(C(C)C)nc4)C[C@@H]3CN2C(C)=O)cc1. The van der Waals surface area contributed by atoms with E-state index in [1.807, 2.05) is 47.9 Å². The van der Waals surface area contributed by atoms with Crippen LogP contribution in [-0.2, 0) is 4.79 Å². The Hall–Kier alpha value is -2.96. The number of amides is 2. The first-order chi connectivity index (χ1) is 14.4. The van der Waals surface area contributed by atoms with Crippen molar-refractivity contribution < 1.29 is 14.3 Å². The molecule has 2 saturated heterocycles. The Balaban J connectivity index is 1.54. The molecule has 2 amide bonds. The number of fused-ring (bicyclic) bond motifs is 1. The standard InChI is InChI=1S/C23H28N4O3/c1-14(2)22-24-9-17(10-25-22)23(29)26-11-18-12-27(15(3)28)21(20(18)13-26)16-5-7-19(30-4)8-6-16/h5-10,14,18,20-21H,11-13H2,1-4H3/t18-,20-,21+/m1/s1. The number of hydrogen-bond donors (Lipinski definition) is 0. The van der Waals surface area contributed by atoms with E-state index in [0.717, 1.165) is 17.1 Å². The normalized spacial score (nSPS) is 23.0. The van der Waals surface area contributed by atoms with Gasteiger partial charge in [-0.2, -0.15) is 0 Å². The maximum atomic E-state index is 13.1. The lowest BCUT2D eigenvalue weighted by Gasteiger charge is -2.29. The minimum atomic E-state index is -0.0393. The summed E-state index contributed by atoms with van der Waals surface area (Å²) in [5, 5.41) is 0. The minimum Gasteiger partial charge on any atom is -0.497 e. The summed E-state index contributed by atoms with van der Waals surface area (Å²) < 4.78 is 5.27. The minimum absolute atomic E-state index is 0.0317. The molecule has 1 aromatic heterocycles. The zero-order valence-corrected chi connectivity index (χ0v) is 17.9. The second-order valence-corrected chi connectivity index (χ2v) is 8.51. The van der Waals surface area contributed by atoms with Crippen LogP contribution in [0.15, 0.2) is 36.7 Å². The molecule has 3 atom stereocenters. The molecule has 2 fully saturated rings. The summed E-state index contributed by atoms with van der Waals surface area (Å²) in [7, 11) is 1.64. The molecule has 2 aliphatic rings. The van der Waals surface area contributed by atoms with E-state index in [1.54, 1.807) is 26.4 Å². The zero-order chi connectivity index (χ0) is 21.4. The van der Waals surface area contributed by atoms with Gasteiger partial charge in [0.1, 0.15) is 11.6 Å². The summed E-state index contributed by atoms with van der Waals surface area (Å²) >= 11 is 0. The summed E-state index contributed by atoms with van der Waals surface area (Å²) in [5.74, 6) is 2.26. The highest BCUT2D eigenvalue weighted by atomic mass is 16.5. The Kier molecular flexibility index (Phi) is 5.45. The average Bonchev–Trinajstić information content (AvgIpc) is 3.31. The quantitative estimate of drug-likeness (QED) is 0.778. The van der Waals surface area contributed by atoms with Crippen LogP contribution in [0.3, 0.4) is 0 Å². The van der Waals surface area contributed by atoms with Gasteiger partial charge in [-0.1, -0.05) is 26.0 Å². The van der Waals surface area contributed by atoms with E-state index >= 15 is 0 Å². The maximum absolute atomic E-state index is 13.1. The summed E-state index contributed by atoms with van der Waals surface area (Å²) in [5.41, 5.74) is 1.60. The van der Waals surface area contributed by atoms with E-state index in [2.05, 4.69) is 9.97 Å². The van der Waals surface area contributed by atoms with Crippen molar-refractivity contribution in [3.8, 4) is 5.75 Å². The van der Waals surface area contributed by atoms with Crippen LogP contribution in [-0.4, -0.2) is 58.3 Å². The Labute approximate surface area is 177 Å². The van der Waals surface area contributed by atoms with Crippen molar-refractivity contribution in [2.75, 3.05) is 26.7 Å². The van der Waals surface area contributed by atoms with Crippen molar-refractivity contribution in [1.29, 1.82) is 0 Å². The number of methoxy groups -OCH3 is 1. The third-order valence-electron chi connectivity index (χ3n) is 6.25. The number of likely N-dealkylation sites (tertiary alicyclic amines) is 2. The number of rotatable bonds is 4. The van der Waals surface area contributed by atoms with Gasteiger partial charge >= 0.3 is 0 Å². The van der Waals surface area contributed by atoms with Gasteiger partial charge in [-0.15, -0.1) is 0 Å². The van der Waals surface area contributed by atoms with Crippen molar-refractivity contribution in [1.82, 2.24) is 19.8 Å². The first kappa shape index (κ1) is 20.3. The van der Waals surface area contributed by atoms with Gasteiger partial charge in [-0.05, 0) is 17.7 Å². The van der Waals surface area contributed by atoms with E-state index < -0.39 is 0 Å². The third kappa shape index (κ3) is 3.64. The Bertz CT molecular complexity index is 926. The molecule has 0 bridgehead atoms. The van der Waals surface area contributed by atoms with Crippen LogP contribution < -0.4 is 4.74 Å². The lowest BCUT2D eigenvalue weighted by Crippen LogP contribution is -2.36. The second-order valence-electron chi connectivity index (χ2n) is 8.51. The summed E-state index contributed by atoms with van der Waals surface area (Å²) in [6.45, 7) is 7.61. The third-order valence-corrected chi connectivity index (χ3v) is 6.25. The Morgan fingerprint density at radius 1 is 1.07 bits per heavy atom. The monoisotopic (exact) mass is 408 g/mol. The highest BCUT2D eigenvalue weighted by Crippen LogP contribution is 2.45. The highest BCUT2D eigenvalue weighted by molar-refractivity contribution is 5.93. The molecular formula is C23H28N4O3. The van der Waals surface area contributed by atoms with Gasteiger partial charge < -0.3 is 14.5 Å². The molecule has 0 saturated carbocycles. The molecular weight excluding hydrogens is 380 g/mol. The Morgan fingerprint density at radius 2 is 1.73 bits per heavy atom. The van der Waals surface area contributed by atoms with Gasteiger partial charge in [0.2, 0.25) is 5.91 Å². The van der Waals surface area contributed by atoms with Crippen LogP contribution in [0.5, 0.6) is 5.75 Å². The lowest BCUT2D eigenvalue weighted by molar-refractivity contribution is -0.130. The number of carbonyl (C=O) groups excluding carboxylic acids is 2. The van der Waals surface area contributed by atoms with E-state index in [0.29, 0.717) is 25.2 Å². The molecule has 3 heterocycles. The first-order valence-corrected chi connectivity index (χ1v) is 10.4. The lowest BCUT2D eigenvalue weighted by atomic mass is 9.89.